The largest absolute Gasteiger partial charge is 0.0533 e. The van der Waals surface area contributed by atoms with E-state index >= 15 is 0 Å². The van der Waals surface area contributed by atoms with Crippen LogP contribution in [0.4, 0.5) is 0 Å². The molecule has 16 heavy (non-hydrogen) atoms. The molecule has 0 N–H and O–H groups in total. The van der Waals surface area contributed by atoms with Crippen molar-refractivity contribution in [3.63, 3.8) is 0 Å². The number of hydrogen-bond donors (Lipinski definition) is 0. The monoisotopic (exact) mass is 220 g/mol. The molecular weight excluding hydrogens is 192 g/mol. The van der Waals surface area contributed by atoms with Crippen molar-refractivity contribution in [1.29, 1.82) is 0 Å². The zero-order chi connectivity index (χ0) is 10.8. The number of rotatable bonds is 2. The predicted octanol–water partition coefficient (Wildman–Crippen LogP) is 5.32. The van der Waals surface area contributed by atoms with Crippen LogP contribution in [-0.4, -0.2) is 0 Å². The van der Waals surface area contributed by atoms with Crippen molar-refractivity contribution in [3.8, 4) is 0 Å². The van der Waals surface area contributed by atoms with Crippen LogP contribution in [0.15, 0.2) is 0 Å². The van der Waals surface area contributed by atoms with E-state index in [0.29, 0.717) is 0 Å². The Labute approximate surface area is 101 Å². The van der Waals surface area contributed by atoms with Gasteiger partial charge in [0.15, 0.2) is 0 Å². The lowest BCUT2D eigenvalue weighted by atomic mass is 9.50. The van der Waals surface area contributed by atoms with Gasteiger partial charge in [0.25, 0.3) is 0 Å². The third-order valence-corrected chi connectivity index (χ3v) is 6.12. The van der Waals surface area contributed by atoms with Gasteiger partial charge in [0, 0.05) is 0 Å². The van der Waals surface area contributed by atoms with E-state index in [2.05, 4.69) is 0 Å². The van der Waals surface area contributed by atoms with Gasteiger partial charge in [0.1, 0.15) is 0 Å². The maximum Gasteiger partial charge on any atom is -0.0241 e. The minimum absolute atomic E-state index is 0.862. The lowest BCUT2D eigenvalue weighted by Crippen LogP contribution is -2.45. The van der Waals surface area contributed by atoms with Crippen LogP contribution in [0, 0.1) is 17.3 Å². The molecule has 3 fully saturated rings. The van der Waals surface area contributed by atoms with Gasteiger partial charge in [-0.15, -0.1) is 0 Å². The van der Waals surface area contributed by atoms with Crippen LogP contribution in [0.1, 0.15) is 83.5 Å². The van der Waals surface area contributed by atoms with Gasteiger partial charge in [-0.2, -0.15) is 0 Å². The molecule has 0 aliphatic heterocycles. The zero-order valence-corrected chi connectivity index (χ0v) is 10.8. The lowest BCUT2D eigenvalue weighted by Gasteiger charge is -2.55. The first-order chi connectivity index (χ1) is 7.92. The molecule has 3 aliphatic carbocycles. The van der Waals surface area contributed by atoms with E-state index in [-0.39, 0.29) is 0 Å². The van der Waals surface area contributed by atoms with E-state index in [1.165, 1.54) is 12.8 Å². The van der Waals surface area contributed by atoms with Gasteiger partial charge in [0.2, 0.25) is 0 Å². The summed E-state index contributed by atoms with van der Waals surface area (Å²) < 4.78 is 0. The summed E-state index contributed by atoms with van der Waals surface area (Å²) in [6.07, 6.45) is 20.3. The molecule has 3 saturated carbocycles. The van der Waals surface area contributed by atoms with Gasteiger partial charge in [-0.25, -0.2) is 0 Å². The van der Waals surface area contributed by atoms with Crippen LogP contribution >= 0.6 is 0 Å². The minimum atomic E-state index is 0.862. The van der Waals surface area contributed by atoms with Gasteiger partial charge in [0.05, 0.1) is 0 Å². The normalized spacial score (nSPS) is 32.2. The average Bonchev–Trinajstić information content (AvgIpc) is 2.31. The van der Waals surface area contributed by atoms with Crippen LogP contribution in [-0.2, 0) is 0 Å². The maximum absolute atomic E-state index is 1.60. The molecule has 0 nitrogen and oxygen atoms in total. The second-order valence-corrected chi connectivity index (χ2v) is 6.76. The highest BCUT2D eigenvalue weighted by atomic mass is 14.5. The topological polar surface area (TPSA) is 0 Å². The highest BCUT2D eigenvalue weighted by Gasteiger charge is 2.48. The van der Waals surface area contributed by atoms with Crippen LogP contribution in [0.25, 0.3) is 0 Å². The fourth-order valence-electron chi connectivity index (χ4n) is 5.09. The molecule has 0 radical (unpaired) electrons. The van der Waals surface area contributed by atoms with Crippen molar-refractivity contribution in [2.45, 2.75) is 83.5 Å². The van der Waals surface area contributed by atoms with Crippen LogP contribution in [0.2, 0.25) is 0 Å². The van der Waals surface area contributed by atoms with E-state index in [4.69, 9.17) is 0 Å². The SMILES string of the molecule is C1CCC(C2(C3CCCCC3)CCC2)CC1. The highest BCUT2D eigenvalue weighted by Crippen LogP contribution is 2.59. The van der Waals surface area contributed by atoms with Crippen molar-refractivity contribution >= 4 is 0 Å². The second kappa shape index (κ2) is 4.70. The molecule has 0 aromatic rings. The summed E-state index contributed by atoms with van der Waals surface area (Å²) in [4.78, 5) is 0. The van der Waals surface area contributed by atoms with Gasteiger partial charge in [-0.05, 0) is 55.8 Å². The molecule has 92 valence electrons. The van der Waals surface area contributed by atoms with Gasteiger partial charge in [-0.1, -0.05) is 44.9 Å². The standard InChI is InChI=1S/C16H28/c1-3-8-14(9-4-1)16(12-7-13-16)15-10-5-2-6-11-15/h14-15H,1-13H2. The summed E-state index contributed by atoms with van der Waals surface area (Å²) in [5.74, 6) is 2.27. The summed E-state index contributed by atoms with van der Waals surface area (Å²) in [6.45, 7) is 0. The Kier molecular flexibility index (Phi) is 3.27. The molecule has 3 aliphatic rings. The molecule has 0 heteroatoms. The zero-order valence-electron chi connectivity index (χ0n) is 10.8. The van der Waals surface area contributed by atoms with Crippen molar-refractivity contribution in [2.24, 2.45) is 17.3 Å². The molecule has 0 amide bonds. The third-order valence-electron chi connectivity index (χ3n) is 6.12. The summed E-state index contributed by atoms with van der Waals surface area (Å²) >= 11 is 0. The second-order valence-electron chi connectivity index (χ2n) is 6.76. The van der Waals surface area contributed by atoms with E-state index < -0.39 is 0 Å². The van der Waals surface area contributed by atoms with Crippen molar-refractivity contribution in [2.75, 3.05) is 0 Å². The summed E-state index contributed by atoms with van der Waals surface area (Å²) in [7, 11) is 0. The molecule has 0 saturated heterocycles. The molecule has 0 aromatic carbocycles. The first-order valence-electron chi connectivity index (χ1n) is 7.92. The van der Waals surface area contributed by atoms with Crippen LogP contribution < -0.4 is 0 Å². The van der Waals surface area contributed by atoms with Gasteiger partial charge >= 0.3 is 0 Å². The average molecular weight is 220 g/mol. The van der Waals surface area contributed by atoms with Crippen LogP contribution in [0.3, 0.4) is 0 Å². The fraction of sp³-hybridized carbons (Fsp3) is 1.00. The molecule has 0 heterocycles. The molecule has 0 bridgehead atoms. The third kappa shape index (κ3) is 1.83. The molecule has 3 rings (SSSR count). The van der Waals surface area contributed by atoms with E-state index in [1.54, 1.807) is 70.6 Å². The molecule has 0 atom stereocenters. The molecule has 0 unspecified atom stereocenters. The van der Waals surface area contributed by atoms with Gasteiger partial charge < -0.3 is 0 Å². The van der Waals surface area contributed by atoms with Crippen LogP contribution in [0.5, 0.6) is 0 Å². The fourth-order valence-corrected chi connectivity index (χ4v) is 5.09. The Hall–Kier alpha value is 0. The minimum Gasteiger partial charge on any atom is -0.0533 e. The highest BCUT2D eigenvalue weighted by molar-refractivity contribution is 4.99. The van der Waals surface area contributed by atoms with E-state index in [0.717, 1.165) is 17.3 Å². The van der Waals surface area contributed by atoms with Crippen molar-refractivity contribution < 1.29 is 0 Å². The summed E-state index contributed by atoms with van der Waals surface area (Å²) in [6, 6.07) is 0. The quantitative estimate of drug-likeness (QED) is 0.591. The Morgan fingerprint density at radius 3 is 1.25 bits per heavy atom. The lowest BCUT2D eigenvalue weighted by molar-refractivity contribution is -0.0489. The molecule has 0 spiro atoms. The van der Waals surface area contributed by atoms with Gasteiger partial charge in [-0.3, -0.25) is 0 Å². The first-order valence-corrected chi connectivity index (χ1v) is 7.92. The number of hydrogen-bond acceptors (Lipinski definition) is 0. The molecule has 0 aromatic heterocycles. The Morgan fingerprint density at radius 1 is 0.500 bits per heavy atom. The summed E-state index contributed by atoms with van der Waals surface area (Å²) in [5.41, 5.74) is 0.862. The maximum atomic E-state index is 1.60. The Bertz CT molecular complexity index is 194. The summed E-state index contributed by atoms with van der Waals surface area (Å²) in [5, 5.41) is 0. The van der Waals surface area contributed by atoms with Crippen molar-refractivity contribution in [1.82, 2.24) is 0 Å². The van der Waals surface area contributed by atoms with Crippen molar-refractivity contribution in [3.05, 3.63) is 0 Å². The smallest absolute Gasteiger partial charge is 0.0241 e. The Balaban J connectivity index is 1.70. The van der Waals surface area contributed by atoms with E-state index in [1.807, 2.05) is 0 Å². The first kappa shape index (κ1) is 11.1. The Morgan fingerprint density at radius 2 is 0.938 bits per heavy atom. The van der Waals surface area contributed by atoms with E-state index in [9.17, 15) is 0 Å². The predicted molar refractivity (Wildman–Crippen MR) is 69.4 cm³/mol. The molecular formula is C16H28.